The van der Waals surface area contributed by atoms with Crippen molar-refractivity contribution in [2.75, 3.05) is 79.0 Å². The Morgan fingerprint density at radius 1 is 0.325 bits per heavy atom. The average Bonchev–Trinajstić information content (AvgIpc) is 4.32. The monoisotopic (exact) mass is 1070 g/mol. The highest BCUT2D eigenvalue weighted by atomic mass is 16.7. The Labute approximate surface area is 457 Å². The summed E-state index contributed by atoms with van der Waals surface area (Å²) in [6.07, 6.45) is 13.4. The Bertz CT molecular complexity index is 1910. The Hall–Kier alpha value is -4.40. The molecule has 0 aromatic heterocycles. The molecule has 424 valence electrons. The predicted octanol–water partition coefficient (Wildman–Crippen LogP) is 10.0. The van der Waals surface area contributed by atoms with Crippen molar-refractivity contribution in [3.63, 3.8) is 0 Å². The van der Waals surface area contributed by atoms with E-state index in [9.17, 15) is 0 Å². The third-order valence-electron chi connectivity index (χ3n) is 15.1. The molecule has 77 heavy (non-hydrogen) atoms. The third-order valence-corrected chi connectivity index (χ3v) is 15.1. The van der Waals surface area contributed by atoms with E-state index in [2.05, 4.69) is 0 Å². The molecule has 16 nitrogen and oxygen atoms in total. The van der Waals surface area contributed by atoms with Crippen LogP contribution in [-0.2, 0) is 37.9 Å². The zero-order chi connectivity index (χ0) is 53.3. The highest BCUT2D eigenvalue weighted by Gasteiger charge is 2.33. The van der Waals surface area contributed by atoms with E-state index in [1.165, 1.54) is 0 Å². The number of benzene rings is 4. The standard InChI is InChI=1S/C61H88N4O12/c62-33-5-1-9-53-41-70-57(74-53)45-13-21-49(22-14-45)66-37-29-61(30-38-67-50-23-15-46(16-24-50)58-71-42-54(75-58)10-2-6-34-63,31-39-68-51-25-17-47(18-26-51)59-72-43-55(76-59)11-3-7-35-64)32-40-69-52-27-19-48(20-28-52)60-73-44-56(77-60)12-4-8-36-65/h13-28,53-60H,1-12,29-44,62-65H2. The lowest BCUT2D eigenvalue weighted by Gasteiger charge is -2.34. The molecule has 4 aliphatic heterocycles. The van der Waals surface area contributed by atoms with Gasteiger partial charge in [0, 0.05) is 22.3 Å². The molecule has 0 bridgehead atoms. The molecule has 8 unspecified atom stereocenters. The van der Waals surface area contributed by atoms with Gasteiger partial charge in [-0.25, -0.2) is 0 Å². The summed E-state index contributed by atoms with van der Waals surface area (Å²) in [6.45, 7) is 6.94. The van der Waals surface area contributed by atoms with Gasteiger partial charge in [-0.2, -0.15) is 0 Å². The fraction of sp³-hybridized carbons (Fsp3) is 0.607. The average molecular weight is 1070 g/mol. The highest BCUT2D eigenvalue weighted by molar-refractivity contribution is 5.31. The van der Waals surface area contributed by atoms with Gasteiger partial charge in [-0.1, -0.05) is 48.5 Å². The number of hydrogen-bond acceptors (Lipinski definition) is 16. The first-order chi connectivity index (χ1) is 37.9. The Balaban J connectivity index is 0.932. The van der Waals surface area contributed by atoms with Crippen LogP contribution in [0.1, 0.15) is 150 Å². The first-order valence-corrected chi connectivity index (χ1v) is 28.7. The molecule has 0 saturated carbocycles. The van der Waals surface area contributed by atoms with E-state index in [0.29, 0.717) is 79.0 Å². The molecule has 8 N–H and O–H groups in total. The second kappa shape index (κ2) is 32.0. The van der Waals surface area contributed by atoms with Crippen LogP contribution in [0.3, 0.4) is 0 Å². The maximum Gasteiger partial charge on any atom is 0.184 e. The molecule has 4 heterocycles. The van der Waals surface area contributed by atoms with Crippen molar-refractivity contribution in [1.82, 2.24) is 0 Å². The van der Waals surface area contributed by atoms with Crippen LogP contribution in [0, 0.1) is 5.41 Å². The Morgan fingerprint density at radius 3 is 0.753 bits per heavy atom. The van der Waals surface area contributed by atoms with E-state index < -0.39 is 25.2 Å². The molecule has 4 aliphatic rings. The molecule has 4 aromatic rings. The van der Waals surface area contributed by atoms with Crippen LogP contribution in [0.4, 0.5) is 0 Å². The number of ether oxygens (including phenoxy) is 12. The van der Waals surface area contributed by atoms with Crippen LogP contribution in [-0.4, -0.2) is 103 Å². The van der Waals surface area contributed by atoms with E-state index in [1.807, 2.05) is 97.1 Å². The van der Waals surface area contributed by atoms with Crippen molar-refractivity contribution < 1.29 is 56.8 Å². The van der Waals surface area contributed by atoms with E-state index in [4.69, 9.17) is 79.8 Å². The maximum absolute atomic E-state index is 6.55. The minimum atomic E-state index is -0.391. The van der Waals surface area contributed by atoms with Gasteiger partial charge in [0.25, 0.3) is 0 Å². The van der Waals surface area contributed by atoms with Crippen molar-refractivity contribution in [2.24, 2.45) is 28.3 Å². The minimum Gasteiger partial charge on any atom is -0.494 e. The SMILES string of the molecule is NCCCCC1COC(c2ccc(OCCC(CCOc3ccc(C4OCC(CCCCN)O4)cc3)(CCOc3ccc(C4OCC(CCCCN)O4)cc3)CCOc3ccc(C4OCC(CCCCN)O4)cc3)cc2)O1. The quantitative estimate of drug-likeness (QED) is 0.0312. The van der Waals surface area contributed by atoms with Crippen molar-refractivity contribution >= 4 is 0 Å². The van der Waals surface area contributed by atoms with Gasteiger partial charge in [0.15, 0.2) is 25.2 Å². The lowest BCUT2D eigenvalue weighted by Crippen LogP contribution is -2.30. The summed E-state index contributed by atoms with van der Waals surface area (Å²) in [5.41, 5.74) is 26.4. The van der Waals surface area contributed by atoms with E-state index in [1.54, 1.807) is 0 Å². The van der Waals surface area contributed by atoms with E-state index >= 15 is 0 Å². The molecular formula is C61H88N4O12. The van der Waals surface area contributed by atoms with E-state index in [-0.39, 0.29) is 29.8 Å². The van der Waals surface area contributed by atoms with Gasteiger partial charge in [-0.15, -0.1) is 0 Å². The van der Waals surface area contributed by atoms with Crippen molar-refractivity contribution in [1.29, 1.82) is 0 Å². The maximum atomic E-state index is 6.55. The first-order valence-electron chi connectivity index (χ1n) is 28.7. The van der Waals surface area contributed by atoms with Crippen LogP contribution in [0.2, 0.25) is 0 Å². The number of unbranched alkanes of at least 4 members (excludes halogenated alkanes) is 4. The normalized spacial score (nSPS) is 24.1. The Morgan fingerprint density at radius 2 is 0.545 bits per heavy atom. The van der Waals surface area contributed by atoms with Crippen molar-refractivity contribution in [2.45, 2.75) is 152 Å². The van der Waals surface area contributed by atoms with Gasteiger partial charge in [0.05, 0.1) is 77.3 Å². The summed E-state index contributed by atoms with van der Waals surface area (Å²) in [5, 5.41) is 0. The van der Waals surface area contributed by atoms with Gasteiger partial charge < -0.3 is 79.8 Å². The molecule has 4 fully saturated rings. The summed E-state index contributed by atoms with van der Waals surface area (Å²) in [6, 6.07) is 32.2. The van der Waals surface area contributed by atoms with Crippen LogP contribution >= 0.6 is 0 Å². The number of rotatable bonds is 36. The fourth-order valence-corrected chi connectivity index (χ4v) is 10.3. The minimum absolute atomic E-state index is 0.0773. The van der Waals surface area contributed by atoms with Gasteiger partial charge in [-0.05, 0) is 183 Å². The summed E-state index contributed by atoms with van der Waals surface area (Å²) < 4.78 is 75.2. The molecule has 4 saturated heterocycles. The topological polar surface area (TPSA) is 215 Å². The fourth-order valence-electron chi connectivity index (χ4n) is 10.3. The van der Waals surface area contributed by atoms with Gasteiger partial charge in [-0.3, -0.25) is 0 Å². The third kappa shape index (κ3) is 18.9. The zero-order valence-electron chi connectivity index (χ0n) is 45.4. The number of nitrogens with two attached hydrogens (primary N) is 4. The molecule has 8 atom stereocenters. The molecule has 8 rings (SSSR count). The van der Waals surface area contributed by atoms with Gasteiger partial charge in [0.1, 0.15) is 23.0 Å². The van der Waals surface area contributed by atoms with Crippen LogP contribution in [0.25, 0.3) is 0 Å². The highest BCUT2D eigenvalue weighted by Crippen LogP contribution is 2.39. The Kier molecular flexibility index (Phi) is 24.4. The van der Waals surface area contributed by atoms with Gasteiger partial charge in [0.2, 0.25) is 0 Å². The largest absolute Gasteiger partial charge is 0.494 e. The zero-order valence-corrected chi connectivity index (χ0v) is 45.4. The molecule has 0 spiro atoms. The van der Waals surface area contributed by atoms with Gasteiger partial charge >= 0.3 is 0 Å². The van der Waals surface area contributed by atoms with Crippen LogP contribution in [0.15, 0.2) is 97.1 Å². The summed E-state index contributed by atoms with van der Waals surface area (Å²) in [5.74, 6) is 3.09. The van der Waals surface area contributed by atoms with Crippen LogP contribution in [0.5, 0.6) is 23.0 Å². The molecule has 4 aromatic carbocycles. The first kappa shape index (κ1) is 58.7. The summed E-state index contributed by atoms with van der Waals surface area (Å²) >= 11 is 0. The van der Waals surface area contributed by atoms with Crippen molar-refractivity contribution in [3.8, 4) is 23.0 Å². The lowest BCUT2D eigenvalue weighted by molar-refractivity contribution is -0.0616. The van der Waals surface area contributed by atoms with Crippen LogP contribution < -0.4 is 41.9 Å². The second-order valence-electron chi connectivity index (χ2n) is 21.0. The van der Waals surface area contributed by atoms with Crippen molar-refractivity contribution in [3.05, 3.63) is 119 Å². The molecule has 16 heteroatoms. The number of hydrogen-bond donors (Lipinski definition) is 4. The summed E-state index contributed by atoms with van der Waals surface area (Å²) in [4.78, 5) is 0. The van der Waals surface area contributed by atoms with E-state index in [0.717, 1.165) is 148 Å². The summed E-state index contributed by atoms with van der Waals surface area (Å²) in [7, 11) is 0. The molecule has 0 aliphatic carbocycles. The molecule has 0 amide bonds. The molecule has 0 radical (unpaired) electrons. The second-order valence-corrected chi connectivity index (χ2v) is 21.0. The predicted molar refractivity (Wildman–Crippen MR) is 295 cm³/mol. The lowest BCUT2D eigenvalue weighted by atomic mass is 9.76. The smallest absolute Gasteiger partial charge is 0.184 e. The molecular weight excluding hydrogens is 981 g/mol.